The normalized spacial score (nSPS) is 12.2. The minimum atomic E-state index is -1.56. The van der Waals surface area contributed by atoms with Crippen molar-refractivity contribution < 1.29 is 15.0 Å². The number of anilines is 1. The monoisotopic (exact) mass is 260 g/mol. The molecule has 0 aliphatic heterocycles. The van der Waals surface area contributed by atoms with Gasteiger partial charge < -0.3 is 15.6 Å². The molecule has 0 spiro atoms. The van der Waals surface area contributed by atoms with E-state index in [1.54, 1.807) is 12.1 Å². The second-order valence-electron chi connectivity index (χ2n) is 2.62. The van der Waals surface area contributed by atoms with E-state index in [-0.39, 0.29) is 5.56 Å². The van der Waals surface area contributed by atoms with E-state index < -0.39 is 12.1 Å². The van der Waals surface area contributed by atoms with Crippen molar-refractivity contribution >= 4 is 27.6 Å². The molecular weight excluding hydrogens is 252 g/mol. The summed E-state index contributed by atoms with van der Waals surface area (Å²) in [5.74, 6) is 3.84. The van der Waals surface area contributed by atoms with E-state index in [1.165, 1.54) is 6.07 Å². The predicted molar refractivity (Wildman–Crippen MR) is 54.5 cm³/mol. The molecular formula is C8H9BrN2O3. The molecule has 1 aromatic carbocycles. The number of nitrogens with two attached hydrogens (primary N) is 1. The fourth-order valence-corrected chi connectivity index (χ4v) is 1.44. The molecule has 5 nitrogen and oxygen atoms in total. The Kier molecular flexibility index (Phi) is 3.45. The van der Waals surface area contributed by atoms with E-state index in [1.807, 2.05) is 0 Å². The number of nitrogen functional groups attached to an aromatic ring is 1. The van der Waals surface area contributed by atoms with Crippen molar-refractivity contribution in [1.82, 2.24) is 0 Å². The van der Waals surface area contributed by atoms with Gasteiger partial charge in [-0.1, -0.05) is 15.9 Å². The van der Waals surface area contributed by atoms with Gasteiger partial charge in [0.2, 0.25) is 0 Å². The van der Waals surface area contributed by atoms with Crippen LogP contribution in [0.15, 0.2) is 22.7 Å². The molecule has 0 aromatic heterocycles. The highest BCUT2D eigenvalue weighted by Gasteiger charge is 2.18. The van der Waals surface area contributed by atoms with Gasteiger partial charge in [0.25, 0.3) is 0 Å². The number of carboxylic acid groups (broad SMARTS) is 1. The first-order chi connectivity index (χ1) is 6.56. The summed E-state index contributed by atoms with van der Waals surface area (Å²) in [7, 11) is 0. The second kappa shape index (κ2) is 4.41. The molecule has 0 saturated heterocycles. The number of rotatable bonds is 3. The summed E-state index contributed by atoms with van der Waals surface area (Å²) < 4.78 is 0.520. The van der Waals surface area contributed by atoms with E-state index in [0.29, 0.717) is 10.2 Å². The molecule has 6 heteroatoms. The van der Waals surface area contributed by atoms with Gasteiger partial charge in [0, 0.05) is 15.7 Å². The van der Waals surface area contributed by atoms with Crippen LogP contribution in [0.1, 0.15) is 11.7 Å². The Labute approximate surface area is 88.6 Å². The van der Waals surface area contributed by atoms with Gasteiger partial charge in [0.1, 0.15) is 0 Å². The number of aliphatic hydroxyl groups excluding tert-OH is 1. The summed E-state index contributed by atoms with van der Waals surface area (Å²) in [6.45, 7) is 0. The third kappa shape index (κ3) is 2.22. The Morgan fingerprint density at radius 3 is 2.71 bits per heavy atom. The number of hydrazine groups is 1. The molecule has 5 N–H and O–H groups in total. The SMILES string of the molecule is NNc1ccc(Br)c(C(O)C(=O)O)c1. The molecule has 0 amide bonds. The molecule has 0 radical (unpaired) electrons. The number of halogens is 1. The van der Waals surface area contributed by atoms with E-state index in [2.05, 4.69) is 21.4 Å². The molecule has 14 heavy (non-hydrogen) atoms. The average Bonchev–Trinajstić information content (AvgIpc) is 2.17. The molecule has 0 fully saturated rings. The molecule has 1 aromatic rings. The smallest absolute Gasteiger partial charge is 0.337 e. The van der Waals surface area contributed by atoms with Crippen LogP contribution in [-0.4, -0.2) is 16.2 Å². The van der Waals surface area contributed by atoms with Crippen molar-refractivity contribution in [3.05, 3.63) is 28.2 Å². The fraction of sp³-hybridized carbons (Fsp3) is 0.125. The van der Waals surface area contributed by atoms with Crippen LogP contribution in [0.3, 0.4) is 0 Å². The molecule has 76 valence electrons. The summed E-state index contributed by atoms with van der Waals surface area (Å²) in [6.07, 6.45) is -1.56. The third-order valence-corrected chi connectivity index (χ3v) is 2.41. The molecule has 0 aliphatic carbocycles. The standard InChI is InChI=1S/C8H9BrN2O3/c9-6-2-1-4(11-10)3-5(6)7(12)8(13)14/h1-3,7,11-12H,10H2,(H,13,14). The fourth-order valence-electron chi connectivity index (χ4n) is 0.976. The van der Waals surface area contributed by atoms with E-state index in [0.717, 1.165) is 0 Å². The van der Waals surface area contributed by atoms with Crippen molar-refractivity contribution in [2.45, 2.75) is 6.10 Å². The van der Waals surface area contributed by atoms with Gasteiger partial charge in [-0.15, -0.1) is 0 Å². The zero-order chi connectivity index (χ0) is 10.7. The summed E-state index contributed by atoms with van der Waals surface area (Å²) in [4.78, 5) is 10.5. The Morgan fingerprint density at radius 2 is 2.21 bits per heavy atom. The van der Waals surface area contributed by atoms with Crippen molar-refractivity contribution in [2.75, 3.05) is 5.43 Å². The molecule has 1 atom stereocenters. The zero-order valence-corrected chi connectivity index (χ0v) is 8.65. The average molecular weight is 261 g/mol. The summed E-state index contributed by atoms with van der Waals surface area (Å²) in [6, 6.07) is 4.72. The number of nitrogens with one attached hydrogen (secondary N) is 1. The molecule has 1 rings (SSSR count). The van der Waals surface area contributed by atoms with Gasteiger partial charge in [-0.05, 0) is 18.2 Å². The molecule has 0 saturated carbocycles. The maximum absolute atomic E-state index is 10.5. The Hall–Kier alpha value is -1.11. The summed E-state index contributed by atoms with van der Waals surface area (Å²) >= 11 is 3.14. The summed E-state index contributed by atoms with van der Waals surface area (Å²) in [5, 5.41) is 17.9. The van der Waals surface area contributed by atoms with Crippen LogP contribution in [0.5, 0.6) is 0 Å². The molecule has 1 unspecified atom stereocenters. The van der Waals surface area contributed by atoms with Gasteiger partial charge in [-0.25, -0.2) is 4.79 Å². The number of benzene rings is 1. The predicted octanol–water partition coefficient (Wildman–Crippen LogP) is 0.853. The van der Waals surface area contributed by atoms with Crippen LogP contribution in [0.25, 0.3) is 0 Å². The lowest BCUT2D eigenvalue weighted by molar-refractivity contribution is -0.147. The number of hydrogen-bond acceptors (Lipinski definition) is 4. The van der Waals surface area contributed by atoms with Gasteiger partial charge in [-0.3, -0.25) is 5.84 Å². The molecule has 0 heterocycles. The van der Waals surface area contributed by atoms with E-state index in [4.69, 9.17) is 10.9 Å². The van der Waals surface area contributed by atoms with E-state index in [9.17, 15) is 9.90 Å². The van der Waals surface area contributed by atoms with Crippen molar-refractivity contribution in [2.24, 2.45) is 5.84 Å². The molecule has 0 aliphatic rings. The number of hydrogen-bond donors (Lipinski definition) is 4. The van der Waals surface area contributed by atoms with Crippen LogP contribution in [0.4, 0.5) is 5.69 Å². The van der Waals surface area contributed by atoms with Crippen LogP contribution < -0.4 is 11.3 Å². The molecule has 0 bridgehead atoms. The Morgan fingerprint density at radius 1 is 1.57 bits per heavy atom. The minimum absolute atomic E-state index is 0.257. The quantitative estimate of drug-likeness (QED) is 0.478. The maximum Gasteiger partial charge on any atom is 0.337 e. The van der Waals surface area contributed by atoms with Crippen LogP contribution in [-0.2, 0) is 4.79 Å². The largest absolute Gasteiger partial charge is 0.479 e. The second-order valence-corrected chi connectivity index (χ2v) is 3.48. The maximum atomic E-state index is 10.5. The number of carbonyl (C=O) groups is 1. The number of aliphatic hydroxyl groups is 1. The minimum Gasteiger partial charge on any atom is -0.479 e. The third-order valence-electron chi connectivity index (χ3n) is 1.69. The lowest BCUT2D eigenvalue weighted by atomic mass is 10.1. The highest BCUT2D eigenvalue weighted by molar-refractivity contribution is 9.10. The Balaban J connectivity index is 3.11. The van der Waals surface area contributed by atoms with Crippen LogP contribution >= 0.6 is 15.9 Å². The lowest BCUT2D eigenvalue weighted by Crippen LogP contribution is -2.13. The van der Waals surface area contributed by atoms with Crippen LogP contribution in [0.2, 0.25) is 0 Å². The highest BCUT2D eigenvalue weighted by Crippen LogP contribution is 2.26. The topological polar surface area (TPSA) is 95.6 Å². The van der Waals surface area contributed by atoms with Crippen molar-refractivity contribution in [3.63, 3.8) is 0 Å². The summed E-state index contributed by atoms with van der Waals surface area (Å²) in [5.41, 5.74) is 3.15. The first kappa shape index (κ1) is 11.0. The van der Waals surface area contributed by atoms with E-state index >= 15 is 0 Å². The first-order valence-corrected chi connectivity index (χ1v) is 4.52. The van der Waals surface area contributed by atoms with Gasteiger partial charge in [0.15, 0.2) is 6.10 Å². The van der Waals surface area contributed by atoms with Crippen molar-refractivity contribution in [3.8, 4) is 0 Å². The van der Waals surface area contributed by atoms with Gasteiger partial charge >= 0.3 is 5.97 Å². The first-order valence-electron chi connectivity index (χ1n) is 3.73. The highest BCUT2D eigenvalue weighted by atomic mass is 79.9. The zero-order valence-electron chi connectivity index (χ0n) is 7.07. The van der Waals surface area contributed by atoms with Crippen molar-refractivity contribution in [1.29, 1.82) is 0 Å². The van der Waals surface area contributed by atoms with Gasteiger partial charge in [-0.2, -0.15) is 0 Å². The van der Waals surface area contributed by atoms with Gasteiger partial charge in [0.05, 0.1) is 0 Å². The number of aliphatic carboxylic acids is 1. The number of carboxylic acids is 1. The van der Waals surface area contributed by atoms with Crippen LogP contribution in [0, 0.1) is 0 Å². The Bertz CT molecular complexity index is 356. The lowest BCUT2D eigenvalue weighted by Gasteiger charge is -2.10.